The van der Waals surface area contributed by atoms with Gasteiger partial charge in [-0.15, -0.1) is 0 Å². The molecule has 0 spiro atoms. The number of benzene rings is 3. The summed E-state index contributed by atoms with van der Waals surface area (Å²) in [5.41, 5.74) is 2.98. The second-order valence-corrected chi connectivity index (χ2v) is 4.55. The molecule has 3 rings (SSSR count). The maximum absolute atomic E-state index is 13.8. The maximum atomic E-state index is 13.8. The summed E-state index contributed by atoms with van der Waals surface area (Å²) in [6, 6.07) is 21.5. The molecule has 20 heavy (non-hydrogen) atoms. The zero-order valence-corrected chi connectivity index (χ0v) is 10.7. The third-order valence-corrected chi connectivity index (χ3v) is 3.23. The zero-order valence-electron chi connectivity index (χ0n) is 10.7. The minimum atomic E-state index is -0.826. The van der Waals surface area contributed by atoms with Gasteiger partial charge >= 0.3 is 0 Å². The van der Waals surface area contributed by atoms with Crippen LogP contribution in [0.3, 0.4) is 0 Å². The summed E-state index contributed by atoms with van der Waals surface area (Å²) in [5.74, 6) is -1.63. The number of halogens is 2. The molecule has 0 radical (unpaired) electrons. The first-order chi connectivity index (χ1) is 9.75. The van der Waals surface area contributed by atoms with E-state index < -0.39 is 11.6 Å². The van der Waals surface area contributed by atoms with Crippen molar-refractivity contribution in [3.05, 3.63) is 84.4 Å². The fraction of sp³-hybridized carbons (Fsp3) is 0. The van der Waals surface area contributed by atoms with Gasteiger partial charge in [0, 0.05) is 5.56 Å². The molecule has 3 aromatic carbocycles. The van der Waals surface area contributed by atoms with Crippen LogP contribution in [0.25, 0.3) is 22.3 Å². The first kappa shape index (κ1) is 12.5. The predicted octanol–water partition coefficient (Wildman–Crippen LogP) is 5.30. The normalized spacial score (nSPS) is 10.5. The molecule has 0 unspecified atom stereocenters. The summed E-state index contributed by atoms with van der Waals surface area (Å²) in [7, 11) is 0. The fourth-order valence-corrected chi connectivity index (χ4v) is 2.22. The minimum Gasteiger partial charge on any atom is -0.204 e. The van der Waals surface area contributed by atoms with Gasteiger partial charge in [-0.3, -0.25) is 0 Å². The highest BCUT2D eigenvalue weighted by Crippen LogP contribution is 2.28. The molecule has 0 saturated heterocycles. The standard InChI is InChI=1S/C18H12F2/c19-17-11-5-10-16(18(17)20)15-9-4-8-14(12-15)13-6-2-1-3-7-13/h1-12H. The summed E-state index contributed by atoms with van der Waals surface area (Å²) < 4.78 is 27.2. The van der Waals surface area contributed by atoms with Crippen LogP contribution in [-0.2, 0) is 0 Å². The van der Waals surface area contributed by atoms with Gasteiger partial charge in [0.15, 0.2) is 11.6 Å². The average Bonchev–Trinajstić information content (AvgIpc) is 2.51. The quantitative estimate of drug-likeness (QED) is 0.590. The van der Waals surface area contributed by atoms with Crippen molar-refractivity contribution in [1.29, 1.82) is 0 Å². The van der Waals surface area contributed by atoms with E-state index in [2.05, 4.69) is 0 Å². The van der Waals surface area contributed by atoms with Crippen molar-refractivity contribution in [3.8, 4) is 22.3 Å². The molecule has 0 aromatic heterocycles. The molecule has 0 heterocycles. The van der Waals surface area contributed by atoms with Crippen LogP contribution < -0.4 is 0 Å². The lowest BCUT2D eigenvalue weighted by atomic mass is 9.99. The molecule has 0 N–H and O–H groups in total. The van der Waals surface area contributed by atoms with Crippen molar-refractivity contribution < 1.29 is 8.78 Å². The zero-order chi connectivity index (χ0) is 13.9. The Morgan fingerprint density at radius 1 is 0.550 bits per heavy atom. The van der Waals surface area contributed by atoms with Gasteiger partial charge in [0.2, 0.25) is 0 Å². The summed E-state index contributed by atoms with van der Waals surface area (Å²) in [6.07, 6.45) is 0. The molecule has 0 fully saturated rings. The molecular weight excluding hydrogens is 254 g/mol. The van der Waals surface area contributed by atoms with Gasteiger partial charge < -0.3 is 0 Å². The second-order valence-electron chi connectivity index (χ2n) is 4.55. The SMILES string of the molecule is Fc1cccc(-c2cccc(-c3ccccc3)c2)c1F. The van der Waals surface area contributed by atoms with Crippen LogP contribution in [0.5, 0.6) is 0 Å². The second kappa shape index (κ2) is 5.25. The highest BCUT2D eigenvalue weighted by atomic mass is 19.2. The lowest BCUT2D eigenvalue weighted by molar-refractivity contribution is 0.511. The Labute approximate surface area is 116 Å². The predicted molar refractivity (Wildman–Crippen MR) is 77.2 cm³/mol. The molecule has 0 aliphatic heterocycles. The molecule has 2 heteroatoms. The first-order valence-corrected chi connectivity index (χ1v) is 6.35. The van der Waals surface area contributed by atoms with Gasteiger partial charge in [-0.25, -0.2) is 8.78 Å². The van der Waals surface area contributed by atoms with Crippen LogP contribution in [0.2, 0.25) is 0 Å². The average molecular weight is 266 g/mol. The van der Waals surface area contributed by atoms with Crippen molar-refractivity contribution in [3.63, 3.8) is 0 Å². The van der Waals surface area contributed by atoms with Gasteiger partial charge in [0.05, 0.1) is 0 Å². The van der Waals surface area contributed by atoms with Crippen LogP contribution in [0, 0.1) is 11.6 Å². The molecule has 0 nitrogen and oxygen atoms in total. The first-order valence-electron chi connectivity index (χ1n) is 6.35. The summed E-state index contributed by atoms with van der Waals surface area (Å²) in [6.45, 7) is 0. The molecule has 0 aliphatic rings. The van der Waals surface area contributed by atoms with Crippen LogP contribution >= 0.6 is 0 Å². The van der Waals surface area contributed by atoms with Gasteiger partial charge in [-0.1, -0.05) is 60.7 Å². The Bertz CT molecular complexity index is 733. The van der Waals surface area contributed by atoms with Crippen molar-refractivity contribution in [2.45, 2.75) is 0 Å². The minimum absolute atomic E-state index is 0.280. The monoisotopic (exact) mass is 266 g/mol. The fourth-order valence-electron chi connectivity index (χ4n) is 2.22. The van der Waals surface area contributed by atoms with E-state index in [0.29, 0.717) is 5.56 Å². The third kappa shape index (κ3) is 2.32. The highest BCUT2D eigenvalue weighted by Gasteiger charge is 2.10. The van der Waals surface area contributed by atoms with Crippen LogP contribution in [0.4, 0.5) is 8.78 Å². The van der Waals surface area contributed by atoms with E-state index in [9.17, 15) is 8.78 Å². The van der Waals surface area contributed by atoms with E-state index in [0.717, 1.165) is 17.2 Å². The number of rotatable bonds is 2. The molecule has 3 aromatic rings. The summed E-state index contributed by atoms with van der Waals surface area (Å²) >= 11 is 0. The van der Waals surface area contributed by atoms with Crippen LogP contribution in [0.1, 0.15) is 0 Å². The molecular formula is C18H12F2. The van der Waals surface area contributed by atoms with Crippen molar-refractivity contribution in [1.82, 2.24) is 0 Å². The van der Waals surface area contributed by atoms with Crippen LogP contribution in [-0.4, -0.2) is 0 Å². The lowest BCUT2D eigenvalue weighted by Gasteiger charge is -2.07. The van der Waals surface area contributed by atoms with E-state index in [1.807, 2.05) is 48.5 Å². The molecule has 0 atom stereocenters. The summed E-state index contributed by atoms with van der Waals surface area (Å²) in [4.78, 5) is 0. The molecule has 0 amide bonds. The smallest absolute Gasteiger partial charge is 0.166 e. The maximum Gasteiger partial charge on any atom is 0.166 e. The van der Waals surface area contributed by atoms with E-state index >= 15 is 0 Å². The Kier molecular flexibility index (Phi) is 3.30. The van der Waals surface area contributed by atoms with Gasteiger partial charge in [0.25, 0.3) is 0 Å². The van der Waals surface area contributed by atoms with E-state index in [-0.39, 0.29) is 5.56 Å². The topological polar surface area (TPSA) is 0 Å². The van der Waals surface area contributed by atoms with Gasteiger partial charge in [0.1, 0.15) is 0 Å². The van der Waals surface area contributed by atoms with Crippen molar-refractivity contribution in [2.75, 3.05) is 0 Å². The van der Waals surface area contributed by atoms with E-state index in [1.54, 1.807) is 12.1 Å². The molecule has 0 aliphatic carbocycles. The Balaban J connectivity index is 2.10. The third-order valence-electron chi connectivity index (χ3n) is 3.23. The number of hydrogen-bond donors (Lipinski definition) is 0. The Hall–Kier alpha value is -2.48. The lowest BCUT2D eigenvalue weighted by Crippen LogP contribution is -1.89. The Morgan fingerprint density at radius 3 is 2.00 bits per heavy atom. The molecule has 98 valence electrons. The van der Waals surface area contributed by atoms with Crippen LogP contribution in [0.15, 0.2) is 72.8 Å². The van der Waals surface area contributed by atoms with Crippen molar-refractivity contribution in [2.24, 2.45) is 0 Å². The van der Waals surface area contributed by atoms with E-state index in [4.69, 9.17) is 0 Å². The Morgan fingerprint density at radius 2 is 1.20 bits per heavy atom. The number of hydrogen-bond acceptors (Lipinski definition) is 0. The molecule has 0 bridgehead atoms. The van der Waals surface area contributed by atoms with Gasteiger partial charge in [-0.05, 0) is 28.8 Å². The molecule has 0 saturated carbocycles. The highest BCUT2D eigenvalue weighted by molar-refractivity contribution is 5.73. The largest absolute Gasteiger partial charge is 0.204 e. The van der Waals surface area contributed by atoms with Gasteiger partial charge in [-0.2, -0.15) is 0 Å². The van der Waals surface area contributed by atoms with Crippen molar-refractivity contribution >= 4 is 0 Å². The summed E-state index contributed by atoms with van der Waals surface area (Å²) in [5, 5.41) is 0. The van der Waals surface area contributed by atoms with E-state index in [1.165, 1.54) is 6.07 Å².